The first kappa shape index (κ1) is 20.4. The lowest BCUT2D eigenvalue weighted by Crippen LogP contribution is -2.59. The van der Waals surface area contributed by atoms with Crippen molar-refractivity contribution in [3.8, 4) is 0 Å². The van der Waals surface area contributed by atoms with Gasteiger partial charge in [-0.1, -0.05) is 44.9 Å². The van der Waals surface area contributed by atoms with Crippen molar-refractivity contribution in [2.24, 2.45) is 0 Å². The van der Waals surface area contributed by atoms with Crippen LogP contribution in [-0.4, -0.2) is 40.2 Å². The highest BCUT2D eigenvalue weighted by Gasteiger charge is 2.44. The Hall–Kier alpha value is -2.38. The van der Waals surface area contributed by atoms with Crippen LogP contribution in [0, 0.1) is 0 Å². The zero-order valence-corrected chi connectivity index (χ0v) is 15.9. The van der Waals surface area contributed by atoms with Gasteiger partial charge in [-0.3, -0.25) is 19.4 Å². The molecule has 1 aliphatic carbocycles. The highest BCUT2D eigenvalue weighted by Crippen LogP contribution is 2.34. The van der Waals surface area contributed by atoms with Gasteiger partial charge in [-0.05, 0) is 24.5 Å². The molecule has 0 radical (unpaired) electrons. The summed E-state index contributed by atoms with van der Waals surface area (Å²) in [6, 6.07) is 4.03. The van der Waals surface area contributed by atoms with Crippen LogP contribution in [0.2, 0.25) is 0 Å². The van der Waals surface area contributed by atoms with Gasteiger partial charge in [-0.25, -0.2) is 4.79 Å². The number of rotatable bonds is 4. The van der Waals surface area contributed by atoms with E-state index in [1.54, 1.807) is 19.9 Å². The smallest absolute Gasteiger partial charge is 0.274 e. The highest BCUT2D eigenvalue weighted by atomic mass is 19.4. The molecular weight excluding hydrogens is 373 g/mol. The molecule has 0 atom stereocenters. The Balaban J connectivity index is 1.85. The second-order valence-electron chi connectivity index (χ2n) is 8.10. The van der Waals surface area contributed by atoms with Crippen LogP contribution in [0.25, 0.3) is 0 Å². The van der Waals surface area contributed by atoms with E-state index in [4.69, 9.17) is 0 Å². The van der Waals surface area contributed by atoms with Crippen molar-refractivity contribution in [1.29, 1.82) is 0 Å². The molecule has 0 spiro atoms. The summed E-state index contributed by atoms with van der Waals surface area (Å²) in [5, 5.41) is 0. The van der Waals surface area contributed by atoms with Gasteiger partial charge in [0.25, 0.3) is 0 Å². The molecule has 0 N–H and O–H groups in total. The van der Waals surface area contributed by atoms with Crippen molar-refractivity contribution >= 4 is 17.8 Å². The second kappa shape index (κ2) is 7.22. The van der Waals surface area contributed by atoms with Crippen LogP contribution in [0.3, 0.4) is 0 Å². The minimum atomic E-state index is -4.48. The first-order valence-electron chi connectivity index (χ1n) is 9.35. The number of barbiturate groups is 1. The fourth-order valence-corrected chi connectivity index (χ4v) is 3.93. The van der Waals surface area contributed by atoms with Crippen molar-refractivity contribution < 1.29 is 27.6 Å². The first-order valence-corrected chi connectivity index (χ1v) is 9.35. The molecule has 0 unspecified atom stereocenters. The molecule has 5 nitrogen and oxygen atoms in total. The molecule has 1 aromatic rings. The normalized spacial score (nSPS) is 19.7. The number of hydrogen-bond donors (Lipinski definition) is 0. The van der Waals surface area contributed by atoms with Crippen LogP contribution in [0.1, 0.15) is 57.1 Å². The molecule has 1 saturated carbocycles. The minimum absolute atomic E-state index is 0.0948. The van der Waals surface area contributed by atoms with Crippen LogP contribution in [0.4, 0.5) is 18.0 Å². The van der Waals surface area contributed by atoms with Crippen molar-refractivity contribution in [3.05, 3.63) is 35.4 Å². The molecule has 1 heterocycles. The Morgan fingerprint density at radius 2 is 1.61 bits per heavy atom. The molecule has 0 aromatic heterocycles. The average molecular weight is 396 g/mol. The molecule has 4 amide bonds. The summed E-state index contributed by atoms with van der Waals surface area (Å²) < 4.78 is 39.1. The number of carbonyl (C=O) groups is 3. The van der Waals surface area contributed by atoms with E-state index in [1.165, 1.54) is 11.0 Å². The lowest BCUT2D eigenvalue weighted by Gasteiger charge is -2.39. The first-order chi connectivity index (χ1) is 13.0. The minimum Gasteiger partial charge on any atom is -0.274 e. The molecule has 2 fully saturated rings. The fourth-order valence-electron chi connectivity index (χ4n) is 3.93. The van der Waals surface area contributed by atoms with E-state index in [0.29, 0.717) is 5.56 Å². The summed E-state index contributed by atoms with van der Waals surface area (Å²) in [7, 11) is 0. The predicted octanol–water partition coefficient (Wildman–Crippen LogP) is 4.11. The summed E-state index contributed by atoms with van der Waals surface area (Å²) in [6.07, 6.45) is -1.58. The molecule has 0 bridgehead atoms. The van der Waals surface area contributed by atoms with Gasteiger partial charge in [0.1, 0.15) is 6.42 Å². The lowest BCUT2D eigenvalue weighted by atomic mass is 9.83. The van der Waals surface area contributed by atoms with Crippen molar-refractivity contribution in [3.63, 3.8) is 0 Å². The van der Waals surface area contributed by atoms with E-state index in [-0.39, 0.29) is 19.0 Å². The third-order valence-corrected chi connectivity index (χ3v) is 5.52. The highest BCUT2D eigenvalue weighted by molar-refractivity contribution is 6.14. The van der Waals surface area contributed by atoms with E-state index in [0.717, 1.165) is 42.7 Å². The standard InChI is InChI=1S/C20H23F3N2O3/c1-19(2,13-6-5-7-14(10-13)20(21,22)23)12-24-16(26)11-17(27)25(18(24)28)15-8-3-4-9-15/h5-7,10,15H,3-4,8-9,11-12H2,1-2H3. The number of amides is 4. The topological polar surface area (TPSA) is 57.7 Å². The number of halogens is 3. The van der Waals surface area contributed by atoms with Crippen LogP contribution >= 0.6 is 0 Å². The molecule has 152 valence electrons. The largest absolute Gasteiger partial charge is 0.416 e. The Labute approximate surface area is 161 Å². The molecule has 2 aliphatic rings. The molecule has 1 aromatic carbocycles. The number of carbonyl (C=O) groups excluding carboxylic acids is 3. The third-order valence-electron chi connectivity index (χ3n) is 5.52. The van der Waals surface area contributed by atoms with Gasteiger partial charge in [0.2, 0.25) is 11.8 Å². The number of alkyl halides is 3. The summed E-state index contributed by atoms with van der Waals surface area (Å²) in [5.41, 5.74) is -1.32. The van der Waals surface area contributed by atoms with Gasteiger partial charge in [-0.2, -0.15) is 13.2 Å². The van der Waals surface area contributed by atoms with Crippen LogP contribution in [0.5, 0.6) is 0 Å². The maximum Gasteiger partial charge on any atom is 0.416 e. The van der Waals surface area contributed by atoms with Gasteiger partial charge in [0, 0.05) is 18.0 Å². The van der Waals surface area contributed by atoms with Crippen molar-refractivity contribution in [1.82, 2.24) is 9.80 Å². The van der Waals surface area contributed by atoms with E-state index < -0.39 is 35.0 Å². The van der Waals surface area contributed by atoms with Crippen LogP contribution in [0.15, 0.2) is 24.3 Å². The fraction of sp³-hybridized carbons (Fsp3) is 0.550. The van der Waals surface area contributed by atoms with Gasteiger partial charge in [-0.15, -0.1) is 0 Å². The SMILES string of the molecule is CC(C)(CN1C(=O)CC(=O)N(C2CCCC2)C1=O)c1cccc(C(F)(F)F)c1. The van der Waals surface area contributed by atoms with Gasteiger partial charge in [0.05, 0.1) is 5.56 Å². The molecule has 28 heavy (non-hydrogen) atoms. The second-order valence-corrected chi connectivity index (χ2v) is 8.10. The van der Waals surface area contributed by atoms with Crippen LogP contribution < -0.4 is 0 Å². The predicted molar refractivity (Wildman–Crippen MR) is 95.3 cm³/mol. The summed E-state index contributed by atoms with van der Waals surface area (Å²) in [6.45, 7) is 3.27. The average Bonchev–Trinajstić information content (AvgIpc) is 3.12. The molecular formula is C20H23F3N2O3. The number of urea groups is 1. The monoisotopic (exact) mass is 396 g/mol. The molecule has 8 heteroatoms. The lowest BCUT2D eigenvalue weighted by molar-refractivity contribution is -0.144. The summed E-state index contributed by atoms with van der Waals surface area (Å²) in [4.78, 5) is 39.7. The number of nitrogens with zero attached hydrogens (tertiary/aromatic N) is 2. The zero-order valence-electron chi connectivity index (χ0n) is 15.9. The van der Waals surface area contributed by atoms with Gasteiger partial charge in [0.15, 0.2) is 0 Å². The zero-order chi connectivity index (χ0) is 20.7. The van der Waals surface area contributed by atoms with Crippen molar-refractivity contribution in [2.75, 3.05) is 6.54 Å². The number of benzene rings is 1. The quantitative estimate of drug-likeness (QED) is 0.720. The number of imide groups is 2. The molecule has 1 saturated heterocycles. The summed E-state index contributed by atoms with van der Waals surface area (Å²) >= 11 is 0. The van der Waals surface area contributed by atoms with Crippen molar-refractivity contribution in [2.45, 2.75) is 63.6 Å². The third kappa shape index (κ3) is 3.91. The van der Waals surface area contributed by atoms with Gasteiger partial charge >= 0.3 is 12.2 Å². The van der Waals surface area contributed by atoms with Crippen LogP contribution in [-0.2, 0) is 21.2 Å². The Kier molecular flexibility index (Phi) is 5.25. The summed E-state index contributed by atoms with van der Waals surface area (Å²) in [5.74, 6) is -1.10. The Morgan fingerprint density at radius 3 is 2.21 bits per heavy atom. The van der Waals surface area contributed by atoms with Gasteiger partial charge < -0.3 is 0 Å². The van der Waals surface area contributed by atoms with E-state index in [2.05, 4.69) is 0 Å². The Morgan fingerprint density at radius 1 is 1.00 bits per heavy atom. The van der Waals surface area contributed by atoms with E-state index in [9.17, 15) is 27.6 Å². The van der Waals surface area contributed by atoms with E-state index >= 15 is 0 Å². The Bertz CT molecular complexity index is 798. The maximum atomic E-state index is 13.0. The number of hydrogen-bond acceptors (Lipinski definition) is 3. The molecule has 1 aliphatic heterocycles. The van der Waals surface area contributed by atoms with E-state index in [1.807, 2.05) is 0 Å². The molecule has 3 rings (SSSR count). The maximum absolute atomic E-state index is 13.0.